The van der Waals surface area contributed by atoms with Crippen LogP contribution in [0, 0.1) is 6.92 Å². The molecule has 0 amide bonds. The largest absolute Gasteiger partial charge is 0.383 e. The van der Waals surface area contributed by atoms with Crippen molar-refractivity contribution in [1.29, 1.82) is 0 Å². The molecule has 2 rings (SSSR count). The van der Waals surface area contributed by atoms with E-state index in [0.29, 0.717) is 17.7 Å². The zero-order chi connectivity index (χ0) is 11.7. The molecule has 0 fully saturated rings. The molecule has 5 heteroatoms. The second-order valence-corrected chi connectivity index (χ2v) is 3.95. The summed E-state index contributed by atoms with van der Waals surface area (Å²) in [4.78, 5) is 8.56. The van der Waals surface area contributed by atoms with Gasteiger partial charge < -0.3 is 5.73 Å². The van der Waals surface area contributed by atoms with Crippen LogP contribution < -0.4 is 5.73 Å². The second-order valence-electron chi connectivity index (χ2n) is 3.95. The Kier molecular flexibility index (Phi) is 2.77. The fourth-order valence-corrected chi connectivity index (χ4v) is 1.96. The molecule has 0 saturated carbocycles. The second kappa shape index (κ2) is 4.08. The molecule has 2 N–H and O–H groups in total. The highest BCUT2D eigenvalue weighted by Crippen LogP contribution is 2.23. The molecular weight excluding hydrogens is 202 g/mol. The van der Waals surface area contributed by atoms with Crippen LogP contribution in [-0.4, -0.2) is 19.7 Å². The van der Waals surface area contributed by atoms with Gasteiger partial charge in [-0.2, -0.15) is 5.10 Å². The van der Waals surface area contributed by atoms with E-state index in [1.165, 1.54) is 0 Å². The quantitative estimate of drug-likeness (QED) is 0.858. The van der Waals surface area contributed by atoms with Gasteiger partial charge in [0.05, 0.1) is 17.6 Å². The van der Waals surface area contributed by atoms with E-state index < -0.39 is 0 Å². The van der Waals surface area contributed by atoms with Gasteiger partial charge in [0.25, 0.3) is 0 Å². The summed E-state index contributed by atoms with van der Waals surface area (Å²) in [5.74, 6) is 1.21. The molecule has 16 heavy (non-hydrogen) atoms. The highest BCUT2D eigenvalue weighted by atomic mass is 15.3. The molecule has 0 bridgehead atoms. The molecule has 0 spiro atoms. The molecule has 0 aliphatic carbocycles. The van der Waals surface area contributed by atoms with E-state index in [9.17, 15) is 0 Å². The fourth-order valence-electron chi connectivity index (χ4n) is 1.96. The lowest BCUT2D eigenvalue weighted by Gasteiger charge is -2.13. The Balaban J connectivity index is 2.63. The van der Waals surface area contributed by atoms with Crippen molar-refractivity contribution < 1.29 is 0 Å². The third-order valence-corrected chi connectivity index (χ3v) is 2.88. The Hall–Kier alpha value is -1.65. The topological polar surface area (TPSA) is 69.6 Å². The van der Waals surface area contributed by atoms with Gasteiger partial charge in [0, 0.05) is 0 Å². The average molecular weight is 219 g/mol. The molecule has 2 heterocycles. The number of nitrogen functional groups attached to an aromatic ring is 1. The summed E-state index contributed by atoms with van der Waals surface area (Å²) in [5, 5.41) is 5.22. The minimum atomic E-state index is 0.381. The van der Waals surface area contributed by atoms with Crippen molar-refractivity contribution in [1.82, 2.24) is 19.7 Å². The van der Waals surface area contributed by atoms with E-state index >= 15 is 0 Å². The monoisotopic (exact) mass is 219 g/mol. The number of hydrogen-bond acceptors (Lipinski definition) is 4. The SMILES string of the molecule is CCC(CC)n1ncc2c(N)nc(C)nc21. The highest BCUT2D eigenvalue weighted by molar-refractivity contribution is 5.85. The van der Waals surface area contributed by atoms with E-state index in [2.05, 4.69) is 28.9 Å². The lowest BCUT2D eigenvalue weighted by Crippen LogP contribution is -2.10. The maximum absolute atomic E-state index is 5.85. The molecule has 0 unspecified atom stereocenters. The fraction of sp³-hybridized carbons (Fsp3) is 0.545. The Labute approximate surface area is 94.7 Å². The number of rotatable bonds is 3. The van der Waals surface area contributed by atoms with Crippen molar-refractivity contribution in [3.8, 4) is 0 Å². The van der Waals surface area contributed by atoms with Gasteiger partial charge in [0.2, 0.25) is 0 Å². The molecule has 0 atom stereocenters. The van der Waals surface area contributed by atoms with Crippen molar-refractivity contribution >= 4 is 16.9 Å². The average Bonchev–Trinajstić information content (AvgIpc) is 2.64. The molecule has 86 valence electrons. The van der Waals surface area contributed by atoms with Gasteiger partial charge >= 0.3 is 0 Å². The summed E-state index contributed by atoms with van der Waals surface area (Å²) in [7, 11) is 0. The zero-order valence-electron chi connectivity index (χ0n) is 9.94. The van der Waals surface area contributed by atoms with Gasteiger partial charge in [-0.15, -0.1) is 0 Å². The van der Waals surface area contributed by atoms with Gasteiger partial charge in [0.15, 0.2) is 5.65 Å². The first kappa shape index (κ1) is 10.9. The van der Waals surface area contributed by atoms with Crippen LogP contribution in [0.15, 0.2) is 6.20 Å². The summed E-state index contributed by atoms with van der Waals surface area (Å²) in [6.07, 6.45) is 3.83. The van der Waals surface area contributed by atoms with Gasteiger partial charge in [0.1, 0.15) is 11.6 Å². The predicted molar refractivity (Wildman–Crippen MR) is 64.1 cm³/mol. The maximum atomic E-state index is 5.85. The van der Waals surface area contributed by atoms with E-state index in [0.717, 1.165) is 23.9 Å². The van der Waals surface area contributed by atoms with Crippen LogP contribution in [-0.2, 0) is 0 Å². The first-order chi connectivity index (χ1) is 7.67. The minimum absolute atomic E-state index is 0.381. The number of anilines is 1. The van der Waals surface area contributed by atoms with Crippen molar-refractivity contribution in [2.45, 2.75) is 39.7 Å². The van der Waals surface area contributed by atoms with Gasteiger partial charge in [-0.05, 0) is 19.8 Å². The third kappa shape index (κ3) is 1.62. The summed E-state index contributed by atoms with van der Waals surface area (Å²) >= 11 is 0. The maximum Gasteiger partial charge on any atom is 0.163 e. The van der Waals surface area contributed by atoms with Crippen LogP contribution in [0.25, 0.3) is 11.0 Å². The molecule has 0 saturated heterocycles. The highest BCUT2D eigenvalue weighted by Gasteiger charge is 2.14. The summed E-state index contributed by atoms with van der Waals surface area (Å²) < 4.78 is 1.96. The van der Waals surface area contributed by atoms with E-state index in [4.69, 9.17) is 5.73 Å². The normalized spacial score (nSPS) is 11.5. The van der Waals surface area contributed by atoms with Crippen LogP contribution >= 0.6 is 0 Å². The molecule has 0 aromatic carbocycles. The molecule has 5 nitrogen and oxygen atoms in total. The number of aromatic nitrogens is 4. The van der Waals surface area contributed by atoms with Crippen LogP contribution in [0.1, 0.15) is 38.6 Å². The molecule has 0 radical (unpaired) electrons. The minimum Gasteiger partial charge on any atom is -0.383 e. The molecule has 0 aliphatic heterocycles. The number of nitrogens with zero attached hydrogens (tertiary/aromatic N) is 4. The Morgan fingerprint density at radius 3 is 2.62 bits per heavy atom. The number of fused-ring (bicyclic) bond motifs is 1. The molecular formula is C11H17N5. The number of hydrogen-bond donors (Lipinski definition) is 1. The zero-order valence-corrected chi connectivity index (χ0v) is 9.94. The first-order valence-electron chi connectivity index (χ1n) is 5.64. The van der Waals surface area contributed by atoms with Gasteiger partial charge in [-0.3, -0.25) is 0 Å². The third-order valence-electron chi connectivity index (χ3n) is 2.88. The molecule has 2 aromatic heterocycles. The van der Waals surface area contributed by atoms with Crippen molar-refractivity contribution in [2.24, 2.45) is 0 Å². The Morgan fingerprint density at radius 2 is 2.00 bits per heavy atom. The van der Waals surface area contributed by atoms with Crippen molar-refractivity contribution in [3.05, 3.63) is 12.0 Å². The van der Waals surface area contributed by atoms with Crippen LogP contribution in [0.5, 0.6) is 0 Å². The van der Waals surface area contributed by atoms with Crippen LogP contribution in [0.2, 0.25) is 0 Å². The number of aryl methyl sites for hydroxylation is 1. The molecule has 2 aromatic rings. The summed E-state index contributed by atoms with van der Waals surface area (Å²) in [6, 6.07) is 0.381. The smallest absolute Gasteiger partial charge is 0.163 e. The van der Waals surface area contributed by atoms with Gasteiger partial charge in [-0.1, -0.05) is 13.8 Å². The summed E-state index contributed by atoms with van der Waals surface area (Å²) in [5.41, 5.74) is 6.70. The predicted octanol–water partition coefficient (Wildman–Crippen LogP) is 2.08. The molecule has 0 aliphatic rings. The Bertz CT molecular complexity index is 498. The van der Waals surface area contributed by atoms with E-state index in [1.54, 1.807) is 6.20 Å². The Morgan fingerprint density at radius 1 is 1.31 bits per heavy atom. The lowest BCUT2D eigenvalue weighted by molar-refractivity contribution is 0.438. The van der Waals surface area contributed by atoms with E-state index in [1.807, 2.05) is 11.6 Å². The van der Waals surface area contributed by atoms with Crippen LogP contribution in [0.3, 0.4) is 0 Å². The van der Waals surface area contributed by atoms with Crippen molar-refractivity contribution in [3.63, 3.8) is 0 Å². The standard InChI is InChI=1S/C11H17N5/c1-4-8(5-2)16-11-9(6-13-16)10(12)14-7(3)15-11/h6,8H,4-5H2,1-3H3,(H2,12,14,15). The lowest BCUT2D eigenvalue weighted by atomic mass is 10.2. The van der Waals surface area contributed by atoms with E-state index in [-0.39, 0.29) is 0 Å². The van der Waals surface area contributed by atoms with Crippen LogP contribution in [0.4, 0.5) is 5.82 Å². The first-order valence-corrected chi connectivity index (χ1v) is 5.64. The number of nitrogens with two attached hydrogens (primary N) is 1. The summed E-state index contributed by atoms with van der Waals surface area (Å²) in [6.45, 7) is 6.15. The van der Waals surface area contributed by atoms with Crippen molar-refractivity contribution in [2.75, 3.05) is 5.73 Å². The van der Waals surface area contributed by atoms with Gasteiger partial charge in [-0.25, -0.2) is 14.6 Å².